The van der Waals surface area contributed by atoms with E-state index in [1.807, 2.05) is 55.4 Å². The van der Waals surface area contributed by atoms with Crippen molar-refractivity contribution in [3.8, 4) is 11.1 Å². The molecule has 0 spiro atoms. The second-order valence-electron chi connectivity index (χ2n) is 9.08. The van der Waals surface area contributed by atoms with E-state index in [0.717, 1.165) is 65.8 Å². The van der Waals surface area contributed by atoms with Crippen LogP contribution >= 0.6 is 0 Å². The smallest absolute Gasteiger partial charge is 0.0730 e. The Morgan fingerprint density at radius 3 is 1.92 bits per heavy atom. The van der Waals surface area contributed by atoms with Crippen LogP contribution in [-0.2, 0) is 0 Å². The normalized spacial score (nSPS) is 13.3. The third kappa shape index (κ3) is 2.78. The predicted octanol–water partition coefficient (Wildman–Crippen LogP) is 4.74. The molecule has 0 fully saturated rings. The highest BCUT2D eigenvalue weighted by Crippen LogP contribution is 2.27. The lowest BCUT2D eigenvalue weighted by atomic mass is 10.1. The summed E-state index contributed by atoms with van der Waals surface area (Å²) in [6, 6.07) is 16.6. The van der Waals surface area contributed by atoms with Gasteiger partial charge < -0.3 is 9.97 Å². The lowest BCUT2D eigenvalue weighted by molar-refractivity contribution is 1.30. The van der Waals surface area contributed by atoms with Crippen molar-refractivity contribution in [2.45, 2.75) is 0 Å². The average molecular weight is 463 g/mol. The quantitative estimate of drug-likeness (QED) is 0.389. The number of hydrogen-bond acceptors (Lipinski definition) is 4. The van der Waals surface area contributed by atoms with E-state index >= 15 is 0 Å². The summed E-state index contributed by atoms with van der Waals surface area (Å²) < 4.78 is 0. The van der Waals surface area contributed by atoms with Crippen molar-refractivity contribution in [3.63, 3.8) is 0 Å². The van der Waals surface area contributed by atoms with E-state index in [1.54, 1.807) is 0 Å². The maximum atomic E-state index is 4.75. The van der Waals surface area contributed by atoms with E-state index in [9.17, 15) is 0 Å². The molecule has 168 valence electrons. The number of nitrogens with one attached hydrogen (secondary N) is 2. The number of nitrogens with zero attached hydrogens (tertiary/aromatic N) is 4. The third-order valence-corrected chi connectivity index (χ3v) is 6.96. The second kappa shape index (κ2) is 7.20. The van der Waals surface area contributed by atoms with E-state index in [1.165, 1.54) is 10.8 Å². The monoisotopic (exact) mass is 462 g/mol. The molecule has 0 amide bonds. The summed E-state index contributed by atoms with van der Waals surface area (Å²) in [5.74, 6) is 0. The molecule has 0 unspecified atom stereocenters. The fourth-order valence-electron chi connectivity index (χ4n) is 5.29. The maximum absolute atomic E-state index is 4.75. The summed E-state index contributed by atoms with van der Waals surface area (Å²) in [4.78, 5) is 25.3. The molecule has 0 atom stereocenters. The zero-order valence-electron chi connectivity index (χ0n) is 19.0. The van der Waals surface area contributed by atoms with Gasteiger partial charge in [0.05, 0.1) is 22.1 Å². The van der Waals surface area contributed by atoms with Crippen molar-refractivity contribution >= 4 is 55.5 Å². The maximum Gasteiger partial charge on any atom is 0.0730 e. The molecule has 6 heterocycles. The van der Waals surface area contributed by atoms with Gasteiger partial charge in [0.15, 0.2) is 0 Å². The van der Waals surface area contributed by atoms with Crippen LogP contribution in [0.3, 0.4) is 0 Å². The van der Waals surface area contributed by atoms with Crippen molar-refractivity contribution < 1.29 is 0 Å². The summed E-state index contributed by atoms with van der Waals surface area (Å²) in [6.07, 6.45) is 15.6. The number of rotatable bonds is 2. The molecule has 8 rings (SSSR count). The number of pyridine rings is 2. The zero-order valence-corrected chi connectivity index (χ0v) is 19.0. The van der Waals surface area contributed by atoms with Crippen molar-refractivity contribution in [3.05, 3.63) is 108 Å². The van der Waals surface area contributed by atoms with E-state index in [0.29, 0.717) is 0 Å². The predicted molar refractivity (Wildman–Crippen MR) is 143 cm³/mol. The van der Waals surface area contributed by atoms with Crippen LogP contribution in [0, 0.1) is 0 Å². The first-order chi connectivity index (χ1) is 17.8. The Kier molecular flexibility index (Phi) is 3.85. The summed E-state index contributed by atoms with van der Waals surface area (Å²) in [7, 11) is 0. The Labute approximate surface area is 204 Å². The molecule has 0 radical (unpaired) electrons. The van der Waals surface area contributed by atoms with Gasteiger partial charge in [0, 0.05) is 91.7 Å². The molecule has 0 saturated heterocycles. The summed E-state index contributed by atoms with van der Waals surface area (Å²) in [5.41, 5.74) is 5.99. The van der Waals surface area contributed by atoms with Crippen LogP contribution in [0.2, 0.25) is 0 Å². The number of benzene rings is 2. The van der Waals surface area contributed by atoms with Gasteiger partial charge in [-0.3, -0.25) is 19.9 Å². The van der Waals surface area contributed by atoms with Gasteiger partial charge in [-0.1, -0.05) is 24.3 Å². The van der Waals surface area contributed by atoms with E-state index in [-0.39, 0.29) is 0 Å². The molecule has 2 aliphatic rings. The minimum Gasteiger partial charge on any atom is -0.354 e. The Morgan fingerprint density at radius 2 is 1.22 bits per heavy atom. The molecule has 2 aromatic carbocycles. The Hall–Kier alpha value is -5.10. The molecule has 4 aromatic heterocycles. The molecule has 36 heavy (non-hydrogen) atoms. The number of H-pyrrole nitrogens is 2. The number of hydrogen-bond donors (Lipinski definition) is 2. The molecule has 6 aromatic rings. The standard InChI is InChI=1S/C30H18N6/c1-3-17-11-31-15-22-27(35-24(5-1)29(17)22)9-20-7-8-21-19(13-33-20)14-34-26(21)10-28-23-16-32-12-18-4-2-6-25(36-28)30(18)23/h1-16,35-36H/b27-9+,28-10+. The van der Waals surface area contributed by atoms with Crippen LogP contribution in [-0.4, -0.2) is 29.9 Å². The number of fused-ring (bicyclic) bond motifs is 1. The first-order valence-corrected chi connectivity index (χ1v) is 11.8. The van der Waals surface area contributed by atoms with Gasteiger partial charge >= 0.3 is 0 Å². The van der Waals surface area contributed by atoms with Crippen molar-refractivity contribution in [1.82, 2.24) is 29.9 Å². The molecule has 0 aliphatic carbocycles. The molecule has 0 saturated carbocycles. The van der Waals surface area contributed by atoms with Gasteiger partial charge in [-0.2, -0.15) is 0 Å². The molecule has 2 aliphatic heterocycles. The fourth-order valence-corrected chi connectivity index (χ4v) is 5.29. The van der Waals surface area contributed by atoms with Gasteiger partial charge in [0.1, 0.15) is 0 Å². The summed E-state index contributed by atoms with van der Waals surface area (Å²) in [6.45, 7) is 0. The van der Waals surface area contributed by atoms with Crippen LogP contribution in [0.1, 0.15) is 11.4 Å². The van der Waals surface area contributed by atoms with Gasteiger partial charge in [-0.05, 0) is 36.4 Å². The average Bonchev–Trinajstić information content (AvgIpc) is 3.53. The third-order valence-electron chi connectivity index (χ3n) is 6.96. The zero-order chi connectivity index (χ0) is 23.6. The molecule has 6 heteroatoms. The molecular formula is C30H18N6. The van der Waals surface area contributed by atoms with E-state index < -0.39 is 0 Å². The van der Waals surface area contributed by atoms with E-state index in [2.05, 4.69) is 67.4 Å². The second-order valence-corrected chi connectivity index (χ2v) is 9.08. The summed E-state index contributed by atoms with van der Waals surface area (Å²) in [5, 5.41) is 8.85. The van der Waals surface area contributed by atoms with Gasteiger partial charge in [0.25, 0.3) is 0 Å². The van der Waals surface area contributed by atoms with Crippen LogP contribution in [0.4, 0.5) is 0 Å². The lowest BCUT2D eigenvalue weighted by Gasteiger charge is -1.95. The highest BCUT2D eigenvalue weighted by molar-refractivity contribution is 6.10. The Morgan fingerprint density at radius 1 is 0.583 bits per heavy atom. The molecule has 0 bridgehead atoms. The fraction of sp³-hybridized carbons (Fsp3) is 0. The highest BCUT2D eigenvalue weighted by Gasteiger charge is 2.12. The first kappa shape index (κ1) is 19.2. The summed E-state index contributed by atoms with van der Waals surface area (Å²) >= 11 is 0. The van der Waals surface area contributed by atoms with Crippen LogP contribution in [0.25, 0.3) is 66.6 Å². The Balaban J connectivity index is 1.29. The van der Waals surface area contributed by atoms with Crippen LogP contribution in [0.15, 0.2) is 85.7 Å². The largest absolute Gasteiger partial charge is 0.354 e. The highest BCUT2D eigenvalue weighted by atomic mass is 14.8. The Bertz CT molecular complexity index is 2160. The SMILES string of the molecule is C(/c1ccc2c(/C=c3/[nH]c4cccc5cncc3c54)ncc-2cn1)=c1\[nH]c2cccc3cncc1c32. The van der Waals surface area contributed by atoms with Crippen LogP contribution in [0.5, 0.6) is 0 Å². The van der Waals surface area contributed by atoms with E-state index in [4.69, 9.17) is 4.98 Å². The lowest BCUT2D eigenvalue weighted by Crippen LogP contribution is -2.02. The first-order valence-electron chi connectivity index (χ1n) is 11.8. The van der Waals surface area contributed by atoms with Crippen molar-refractivity contribution in [2.75, 3.05) is 0 Å². The minimum atomic E-state index is 0.859. The van der Waals surface area contributed by atoms with Crippen molar-refractivity contribution in [2.24, 2.45) is 0 Å². The van der Waals surface area contributed by atoms with Gasteiger partial charge in [-0.25, -0.2) is 0 Å². The molecule has 6 nitrogen and oxygen atoms in total. The minimum absolute atomic E-state index is 0.859. The topological polar surface area (TPSA) is 83.1 Å². The molecular weight excluding hydrogens is 444 g/mol. The van der Waals surface area contributed by atoms with Crippen molar-refractivity contribution in [1.29, 1.82) is 0 Å². The number of aromatic nitrogens is 6. The van der Waals surface area contributed by atoms with Gasteiger partial charge in [0.2, 0.25) is 0 Å². The number of aromatic amines is 2. The van der Waals surface area contributed by atoms with Crippen LogP contribution < -0.4 is 10.7 Å². The van der Waals surface area contributed by atoms with Gasteiger partial charge in [-0.15, -0.1) is 0 Å². The molecule has 2 N–H and O–H groups in total.